The summed E-state index contributed by atoms with van der Waals surface area (Å²) < 4.78 is 27.0. The largest absolute Gasteiger partial charge is 0.396 e. The summed E-state index contributed by atoms with van der Waals surface area (Å²) in [4.78, 5) is 0. The lowest BCUT2D eigenvalue weighted by atomic mass is 10.1. The van der Waals surface area contributed by atoms with Gasteiger partial charge in [-0.25, -0.2) is 13.1 Å². The summed E-state index contributed by atoms with van der Waals surface area (Å²) in [6, 6.07) is 3.08. The molecule has 0 aliphatic rings. The third-order valence-electron chi connectivity index (χ3n) is 2.54. The molecule has 0 amide bonds. The van der Waals surface area contributed by atoms with Gasteiger partial charge in [-0.15, -0.1) is 11.3 Å². The number of aliphatic hydroxyl groups excluding tert-OH is 1. The number of hydrogen-bond acceptors (Lipinski definition) is 4. The van der Waals surface area contributed by atoms with Crippen molar-refractivity contribution >= 4 is 33.0 Å². The molecule has 1 aromatic rings. The van der Waals surface area contributed by atoms with Gasteiger partial charge in [-0.2, -0.15) is 0 Å². The molecular formula is C11H18ClNO3S2. The lowest BCUT2D eigenvalue weighted by Crippen LogP contribution is -2.27. The van der Waals surface area contributed by atoms with Crippen LogP contribution in [0.4, 0.5) is 0 Å². The number of thiophene rings is 1. The molecule has 1 aromatic heterocycles. The highest BCUT2D eigenvalue weighted by Crippen LogP contribution is 2.25. The van der Waals surface area contributed by atoms with Crippen LogP contribution in [0.1, 0.15) is 26.2 Å². The maximum absolute atomic E-state index is 11.9. The van der Waals surface area contributed by atoms with Gasteiger partial charge in [0.05, 0.1) is 4.34 Å². The molecule has 4 nitrogen and oxygen atoms in total. The summed E-state index contributed by atoms with van der Waals surface area (Å²) in [5, 5.41) is 8.67. The molecule has 0 fully saturated rings. The molecule has 7 heteroatoms. The SMILES string of the molecule is C[C@@H](CCCCO)CNS(=O)(=O)c1ccc(Cl)s1. The number of sulfonamides is 1. The Morgan fingerprint density at radius 1 is 1.44 bits per heavy atom. The summed E-state index contributed by atoms with van der Waals surface area (Å²) in [5.74, 6) is 0.252. The van der Waals surface area contributed by atoms with Gasteiger partial charge in [0.2, 0.25) is 10.0 Å². The Morgan fingerprint density at radius 2 is 2.17 bits per heavy atom. The van der Waals surface area contributed by atoms with Gasteiger partial charge < -0.3 is 5.11 Å². The molecule has 0 aliphatic carbocycles. The van der Waals surface area contributed by atoms with Crippen molar-refractivity contribution in [2.75, 3.05) is 13.2 Å². The van der Waals surface area contributed by atoms with Crippen molar-refractivity contribution in [1.82, 2.24) is 4.72 Å². The molecule has 0 aromatic carbocycles. The van der Waals surface area contributed by atoms with Crippen molar-refractivity contribution in [2.24, 2.45) is 5.92 Å². The number of halogens is 1. The Kier molecular flexibility index (Phi) is 6.59. The zero-order chi connectivity index (χ0) is 13.6. The van der Waals surface area contributed by atoms with Crippen LogP contribution in [0.2, 0.25) is 4.34 Å². The Bertz CT molecular complexity index is 459. The minimum atomic E-state index is -3.43. The van der Waals surface area contributed by atoms with Gasteiger partial charge in [0.15, 0.2) is 0 Å². The fraction of sp³-hybridized carbons (Fsp3) is 0.636. The number of rotatable bonds is 8. The predicted molar refractivity (Wildman–Crippen MR) is 74.6 cm³/mol. The van der Waals surface area contributed by atoms with Crippen molar-refractivity contribution in [1.29, 1.82) is 0 Å². The first-order chi connectivity index (χ1) is 8.45. The van der Waals surface area contributed by atoms with Crippen LogP contribution in [0, 0.1) is 5.92 Å². The van der Waals surface area contributed by atoms with E-state index in [4.69, 9.17) is 16.7 Å². The van der Waals surface area contributed by atoms with Crippen LogP contribution >= 0.6 is 22.9 Å². The number of nitrogens with one attached hydrogen (secondary N) is 1. The minimum absolute atomic E-state index is 0.187. The predicted octanol–water partition coefficient (Wildman–Crippen LogP) is 2.48. The van der Waals surface area contributed by atoms with E-state index in [1.54, 1.807) is 6.07 Å². The molecule has 2 N–H and O–H groups in total. The van der Waals surface area contributed by atoms with Crippen molar-refractivity contribution in [3.05, 3.63) is 16.5 Å². The molecule has 0 unspecified atom stereocenters. The first kappa shape index (κ1) is 15.9. The second kappa shape index (κ2) is 7.45. The highest BCUT2D eigenvalue weighted by molar-refractivity contribution is 7.91. The number of aliphatic hydroxyl groups is 1. The maximum atomic E-state index is 11.9. The first-order valence-electron chi connectivity index (χ1n) is 5.81. The van der Waals surface area contributed by atoms with Crippen LogP contribution in [0.15, 0.2) is 16.3 Å². The Morgan fingerprint density at radius 3 is 2.72 bits per heavy atom. The summed E-state index contributed by atoms with van der Waals surface area (Å²) >= 11 is 6.77. The minimum Gasteiger partial charge on any atom is -0.396 e. The molecule has 1 heterocycles. The molecule has 0 saturated heterocycles. The first-order valence-corrected chi connectivity index (χ1v) is 8.49. The molecule has 18 heavy (non-hydrogen) atoms. The van der Waals surface area contributed by atoms with Gasteiger partial charge >= 0.3 is 0 Å². The molecule has 0 aliphatic heterocycles. The summed E-state index contributed by atoms with van der Waals surface area (Å²) in [6.07, 6.45) is 2.57. The molecule has 1 atom stereocenters. The van der Waals surface area contributed by atoms with Crippen LogP contribution in [-0.2, 0) is 10.0 Å². The van der Waals surface area contributed by atoms with E-state index in [0.29, 0.717) is 10.9 Å². The molecule has 0 spiro atoms. The van der Waals surface area contributed by atoms with Crippen molar-refractivity contribution in [3.63, 3.8) is 0 Å². The van der Waals surface area contributed by atoms with Gasteiger partial charge in [0.1, 0.15) is 4.21 Å². The van der Waals surface area contributed by atoms with E-state index < -0.39 is 10.0 Å². The van der Waals surface area contributed by atoms with Gasteiger partial charge in [0.25, 0.3) is 0 Å². The summed E-state index contributed by atoms with van der Waals surface area (Å²) in [6.45, 7) is 2.58. The lowest BCUT2D eigenvalue weighted by molar-refractivity contribution is 0.279. The Hall–Kier alpha value is -0.140. The molecule has 104 valence electrons. The van der Waals surface area contributed by atoms with E-state index in [1.807, 2.05) is 6.92 Å². The molecule has 1 rings (SSSR count). The van der Waals surface area contributed by atoms with E-state index in [-0.39, 0.29) is 16.7 Å². The Labute approximate surface area is 117 Å². The quantitative estimate of drug-likeness (QED) is 0.725. The zero-order valence-corrected chi connectivity index (χ0v) is 12.6. The zero-order valence-electron chi connectivity index (χ0n) is 10.2. The fourth-order valence-electron chi connectivity index (χ4n) is 1.47. The molecular weight excluding hydrogens is 294 g/mol. The van der Waals surface area contributed by atoms with Crippen molar-refractivity contribution < 1.29 is 13.5 Å². The molecule has 0 saturated carbocycles. The van der Waals surface area contributed by atoms with E-state index in [2.05, 4.69) is 4.72 Å². The number of hydrogen-bond donors (Lipinski definition) is 2. The van der Waals surface area contributed by atoms with Crippen molar-refractivity contribution in [3.8, 4) is 0 Å². The highest BCUT2D eigenvalue weighted by Gasteiger charge is 2.17. The van der Waals surface area contributed by atoms with E-state index in [1.165, 1.54) is 6.07 Å². The molecule has 0 radical (unpaired) electrons. The van der Waals surface area contributed by atoms with E-state index in [0.717, 1.165) is 30.6 Å². The van der Waals surface area contributed by atoms with Crippen LogP contribution in [-0.4, -0.2) is 26.7 Å². The monoisotopic (exact) mass is 311 g/mol. The van der Waals surface area contributed by atoms with E-state index in [9.17, 15) is 8.42 Å². The number of unbranched alkanes of at least 4 members (excludes halogenated alkanes) is 1. The average Bonchev–Trinajstić information content (AvgIpc) is 2.75. The second-order valence-corrected chi connectivity index (χ2v) is 7.94. The summed E-state index contributed by atoms with van der Waals surface area (Å²) in [7, 11) is -3.43. The Balaban J connectivity index is 2.42. The third kappa shape index (κ3) is 5.24. The van der Waals surface area contributed by atoms with Crippen molar-refractivity contribution in [2.45, 2.75) is 30.4 Å². The highest BCUT2D eigenvalue weighted by atomic mass is 35.5. The smallest absolute Gasteiger partial charge is 0.250 e. The van der Waals surface area contributed by atoms with E-state index >= 15 is 0 Å². The van der Waals surface area contributed by atoms with Gasteiger partial charge in [-0.05, 0) is 30.9 Å². The topological polar surface area (TPSA) is 66.4 Å². The average molecular weight is 312 g/mol. The summed E-state index contributed by atoms with van der Waals surface area (Å²) in [5.41, 5.74) is 0. The van der Waals surface area contributed by atoms with Crippen LogP contribution in [0.25, 0.3) is 0 Å². The standard InChI is InChI=1S/C11H18ClNO3S2/c1-9(4-2-3-7-14)8-13-18(15,16)11-6-5-10(12)17-11/h5-6,9,13-14H,2-4,7-8H2,1H3/t9-/m0/s1. The third-order valence-corrected chi connectivity index (χ3v) is 5.69. The van der Waals surface area contributed by atoms with Crippen LogP contribution in [0.3, 0.4) is 0 Å². The lowest BCUT2D eigenvalue weighted by Gasteiger charge is -2.11. The van der Waals surface area contributed by atoms with Gasteiger partial charge in [0, 0.05) is 13.2 Å². The fourth-order valence-corrected chi connectivity index (χ4v) is 4.16. The van der Waals surface area contributed by atoms with Crippen LogP contribution in [0.5, 0.6) is 0 Å². The normalized spacial score (nSPS) is 13.7. The van der Waals surface area contributed by atoms with Crippen LogP contribution < -0.4 is 4.72 Å². The van der Waals surface area contributed by atoms with Gasteiger partial charge in [-0.3, -0.25) is 0 Å². The maximum Gasteiger partial charge on any atom is 0.250 e. The second-order valence-electron chi connectivity index (χ2n) is 4.24. The molecule has 0 bridgehead atoms. The van der Waals surface area contributed by atoms with Gasteiger partial charge in [-0.1, -0.05) is 24.9 Å².